The molecule has 0 saturated carbocycles. The summed E-state index contributed by atoms with van der Waals surface area (Å²) < 4.78 is 3.90. The van der Waals surface area contributed by atoms with Gasteiger partial charge in [0.25, 0.3) is 0 Å². The average molecular weight is 255 g/mol. The minimum Gasteiger partial charge on any atom is -0.355 e. The quantitative estimate of drug-likeness (QED) is 0.775. The molecule has 3 aromatic rings. The first-order valence-electron chi connectivity index (χ1n) is 6.38. The number of rotatable bonds is 4. The Bertz CT molecular complexity index is 695. The first kappa shape index (κ1) is 11.8. The number of anilines is 1. The van der Waals surface area contributed by atoms with Crippen LogP contribution in [0.5, 0.6) is 0 Å². The zero-order valence-corrected chi connectivity index (χ0v) is 11.2. The Kier molecular flexibility index (Phi) is 2.95. The van der Waals surface area contributed by atoms with Crippen molar-refractivity contribution in [2.75, 3.05) is 11.9 Å². The smallest absolute Gasteiger partial charge is 0.203 e. The van der Waals surface area contributed by atoms with E-state index in [-0.39, 0.29) is 0 Å². The lowest BCUT2D eigenvalue weighted by atomic mass is 10.3. The molecule has 0 aliphatic heterocycles. The Labute approximate surface area is 111 Å². The summed E-state index contributed by atoms with van der Waals surface area (Å²) in [6.07, 6.45) is 2.86. The summed E-state index contributed by atoms with van der Waals surface area (Å²) in [7, 11) is 3.96. The van der Waals surface area contributed by atoms with Crippen LogP contribution >= 0.6 is 0 Å². The Morgan fingerprint density at radius 3 is 2.74 bits per heavy atom. The predicted molar refractivity (Wildman–Crippen MR) is 76.1 cm³/mol. The molecule has 0 saturated heterocycles. The van der Waals surface area contributed by atoms with Gasteiger partial charge in [0.2, 0.25) is 5.95 Å². The molecule has 2 heterocycles. The third-order valence-electron chi connectivity index (χ3n) is 3.22. The van der Waals surface area contributed by atoms with Gasteiger partial charge in [-0.25, -0.2) is 4.98 Å². The van der Waals surface area contributed by atoms with E-state index in [1.807, 2.05) is 49.2 Å². The van der Waals surface area contributed by atoms with Gasteiger partial charge in [-0.2, -0.15) is 5.10 Å². The van der Waals surface area contributed by atoms with E-state index in [2.05, 4.69) is 26.0 Å². The van der Waals surface area contributed by atoms with Crippen LogP contribution in [0.3, 0.4) is 0 Å². The summed E-state index contributed by atoms with van der Waals surface area (Å²) in [4.78, 5) is 4.57. The van der Waals surface area contributed by atoms with E-state index >= 15 is 0 Å². The number of imidazole rings is 1. The third kappa shape index (κ3) is 2.31. The van der Waals surface area contributed by atoms with Crippen molar-refractivity contribution in [2.24, 2.45) is 14.1 Å². The maximum Gasteiger partial charge on any atom is 0.203 e. The van der Waals surface area contributed by atoms with Gasteiger partial charge in [0.1, 0.15) is 0 Å². The maximum absolute atomic E-state index is 4.57. The second-order valence-corrected chi connectivity index (χ2v) is 4.64. The first-order valence-corrected chi connectivity index (χ1v) is 6.38. The molecule has 19 heavy (non-hydrogen) atoms. The molecule has 1 N–H and O–H groups in total. The molecule has 0 fully saturated rings. The molecule has 0 aliphatic carbocycles. The van der Waals surface area contributed by atoms with Crippen molar-refractivity contribution < 1.29 is 0 Å². The summed E-state index contributed by atoms with van der Waals surface area (Å²) in [5.74, 6) is 0.900. The number of hydrogen-bond acceptors (Lipinski definition) is 3. The first-order chi connectivity index (χ1) is 9.24. The van der Waals surface area contributed by atoms with Crippen LogP contribution in [0.4, 0.5) is 5.95 Å². The van der Waals surface area contributed by atoms with Crippen LogP contribution in [0.2, 0.25) is 0 Å². The molecule has 2 aromatic heterocycles. The van der Waals surface area contributed by atoms with Crippen LogP contribution in [0, 0.1) is 0 Å². The lowest BCUT2D eigenvalue weighted by Crippen LogP contribution is -2.09. The van der Waals surface area contributed by atoms with Crippen LogP contribution in [0.25, 0.3) is 11.0 Å². The normalized spacial score (nSPS) is 11.1. The Hall–Kier alpha value is -2.30. The molecule has 0 amide bonds. The fourth-order valence-corrected chi connectivity index (χ4v) is 2.20. The minimum absolute atomic E-state index is 0.828. The number of aryl methyl sites for hydroxylation is 2. The predicted octanol–water partition coefficient (Wildman–Crippen LogP) is 1.96. The third-order valence-corrected chi connectivity index (χ3v) is 3.22. The number of para-hydroxylation sites is 2. The summed E-state index contributed by atoms with van der Waals surface area (Å²) >= 11 is 0. The Morgan fingerprint density at radius 2 is 2.00 bits per heavy atom. The largest absolute Gasteiger partial charge is 0.355 e. The number of nitrogens with one attached hydrogen (secondary N) is 1. The molecular weight excluding hydrogens is 238 g/mol. The van der Waals surface area contributed by atoms with Gasteiger partial charge in [0, 0.05) is 33.3 Å². The molecule has 98 valence electrons. The van der Waals surface area contributed by atoms with Crippen molar-refractivity contribution in [3.63, 3.8) is 0 Å². The van der Waals surface area contributed by atoms with Crippen molar-refractivity contribution in [2.45, 2.75) is 6.42 Å². The molecule has 0 spiro atoms. The summed E-state index contributed by atoms with van der Waals surface area (Å²) in [6, 6.07) is 10.2. The molecule has 3 rings (SSSR count). The van der Waals surface area contributed by atoms with Crippen LogP contribution in [-0.2, 0) is 20.5 Å². The summed E-state index contributed by atoms with van der Waals surface area (Å²) in [6.45, 7) is 0.828. The van der Waals surface area contributed by atoms with E-state index in [0.717, 1.165) is 35.6 Å². The second kappa shape index (κ2) is 4.76. The average Bonchev–Trinajstić information content (AvgIpc) is 2.96. The van der Waals surface area contributed by atoms with Crippen LogP contribution in [0.15, 0.2) is 36.5 Å². The molecule has 5 heteroatoms. The summed E-state index contributed by atoms with van der Waals surface area (Å²) in [5, 5.41) is 7.72. The molecule has 0 unspecified atom stereocenters. The topological polar surface area (TPSA) is 47.7 Å². The van der Waals surface area contributed by atoms with E-state index in [1.54, 1.807) is 0 Å². The Morgan fingerprint density at radius 1 is 1.16 bits per heavy atom. The van der Waals surface area contributed by atoms with Gasteiger partial charge in [-0.1, -0.05) is 12.1 Å². The van der Waals surface area contributed by atoms with Crippen molar-refractivity contribution in [1.82, 2.24) is 19.3 Å². The number of fused-ring (bicyclic) bond motifs is 1. The van der Waals surface area contributed by atoms with E-state index in [9.17, 15) is 0 Å². The number of hydrogen-bond donors (Lipinski definition) is 1. The van der Waals surface area contributed by atoms with Crippen LogP contribution < -0.4 is 5.32 Å². The van der Waals surface area contributed by atoms with Gasteiger partial charge in [0.15, 0.2) is 0 Å². The highest BCUT2D eigenvalue weighted by molar-refractivity contribution is 5.78. The molecule has 0 atom stereocenters. The fraction of sp³-hybridized carbons (Fsp3) is 0.286. The van der Waals surface area contributed by atoms with Gasteiger partial charge in [-0.3, -0.25) is 4.68 Å². The van der Waals surface area contributed by atoms with Gasteiger partial charge in [0.05, 0.1) is 16.7 Å². The van der Waals surface area contributed by atoms with Gasteiger partial charge in [-0.05, 0) is 18.2 Å². The number of aromatic nitrogens is 4. The van der Waals surface area contributed by atoms with E-state index in [0.29, 0.717) is 0 Å². The van der Waals surface area contributed by atoms with Gasteiger partial charge >= 0.3 is 0 Å². The van der Waals surface area contributed by atoms with Crippen LogP contribution in [-0.4, -0.2) is 25.9 Å². The highest BCUT2D eigenvalue weighted by atomic mass is 15.2. The zero-order valence-electron chi connectivity index (χ0n) is 11.2. The minimum atomic E-state index is 0.828. The van der Waals surface area contributed by atoms with Crippen molar-refractivity contribution in [1.29, 1.82) is 0 Å². The SMILES string of the molecule is Cn1ccc(CCNc2nc3ccccc3n2C)n1. The second-order valence-electron chi connectivity index (χ2n) is 4.64. The molecule has 0 bridgehead atoms. The van der Waals surface area contributed by atoms with E-state index < -0.39 is 0 Å². The highest BCUT2D eigenvalue weighted by Crippen LogP contribution is 2.17. The zero-order chi connectivity index (χ0) is 13.2. The highest BCUT2D eigenvalue weighted by Gasteiger charge is 2.06. The Balaban J connectivity index is 1.70. The molecule has 0 aliphatic rings. The lowest BCUT2D eigenvalue weighted by Gasteiger charge is -2.04. The molecular formula is C14H17N5. The lowest BCUT2D eigenvalue weighted by molar-refractivity contribution is 0.741. The number of benzene rings is 1. The summed E-state index contributed by atoms with van der Waals surface area (Å²) in [5.41, 5.74) is 3.25. The monoisotopic (exact) mass is 255 g/mol. The van der Waals surface area contributed by atoms with Crippen LogP contribution in [0.1, 0.15) is 5.69 Å². The molecule has 5 nitrogen and oxygen atoms in total. The maximum atomic E-state index is 4.57. The van der Waals surface area contributed by atoms with Gasteiger partial charge in [-0.15, -0.1) is 0 Å². The molecule has 0 radical (unpaired) electrons. The molecule has 1 aromatic carbocycles. The van der Waals surface area contributed by atoms with E-state index in [4.69, 9.17) is 0 Å². The fourth-order valence-electron chi connectivity index (χ4n) is 2.20. The van der Waals surface area contributed by atoms with Crippen molar-refractivity contribution >= 4 is 17.0 Å². The standard InChI is InChI=1S/C14H17N5/c1-18-10-8-11(17-18)7-9-15-14-16-12-5-3-4-6-13(12)19(14)2/h3-6,8,10H,7,9H2,1-2H3,(H,15,16). The van der Waals surface area contributed by atoms with Crippen molar-refractivity contribution in [3.05, 3.63) is 42.2 Å². The van der Waals surface area contributed by atoms with E-state index in [1.165, 1.54) is 0 Å². The number of nitrogens with zero attached hydrogens (tertiary/aromatic N) is 4. The van der Waals surface area contributed by atoms with Gasteiger partial charge < -0.3 is 9.88 Å². The van der Waals surface area contributed by atoms with Crippen molar-refractivity contribution in [3.8, 4) is 0 Å².